The number of amides is 1. The van der Waals surface area contributed by atoms with Crippen molar-refractivity contribution in [1.82, 2.24) is 4.90 Å². The zero-order valence-corrected chi connectivity index (χ0v) is 11.8. The Morgan fingerprint density at radius 2 is 1.94 bits per heavy atom. The van der Waals surface area contributed by atoms with E-state index in [1.807, 2.05) is 12.1 Å². The first-order chi connectivity index (χ1) is 8.40. The van der Waals surface area contributed by atoms with Crippen molar-refractivity contribution in [2.24, 2.45) is 0 Å². The number of carboxylic acid groups (broad SMARTS) is 1. The highest BCUT2D eigenvalue weighted by molar-refractivity contribution is 9.10. The van der Waals surface area contributed by atoms with Crippen LogP contribution in [0.3, 0.4) is 0 Å². The maximum absolute atomic E-state index is 11.9. The molecule has 0 radical (unpaired) electrons. The molecule has 6 heteroatoms. The summed E-state index contributed by atoms with van der Waals surface area (Å²) in [4.78, 5) is 23.9. The fraction of sp³-hybridized carbons (Fsp3) is 0.333. The molecule has 98 valence electrons. The summed E-state index contributed by atoms with van der Waals surface area (Å²) in [6.07, 6.45) is 0. The standard InChI is InChI=1S/C12H15BrN2O3/c1-8(15(2)7-11(16)17)12(18)14-10-5-3-9(13)4-6-10/h3-6,8H,7H2,1-2H3,(H,14,18)(H,16,17). The Balaban J connectivity index is 2.59. The van der Waals surface area contributed by atoms with Gasteiger partial charge in [0.1, 0.15) is 0 Å². The third-order valence-corrected chi connectivity index (χ3v) is 3.07. The number of nitrogens with zero attached hydrogens (tertiary/aromatic N) is 1. The van der Waals surface area contributed by atoms with Gasteiger partial charge in [-0.15, -0.1) is 0 Å². The summed E-state index contributed by atoms with van der Waals surface area (Å²) in [5.41, 5.74) is 0.679. The van der Waals surface area contributed by atoms with E-state index in [1.54, 1.807) is 26.1 Å². The molecular formula is C12H15BrN2O3. The molecular weight excluding hydrogens is 300 g/mol. The van der Waals surface area contributed by atoms with Gasteiger partial charge in [0.15, 0.2) is 0 Å². The summed E-state index contributed by atoms with van der Waals surface area (Å²) >= 11 is 3.30. The first-order valence-corrected chi connectivity index (χ1v) is 6.18. The summed E-state index contributed by atoms with van der Waals surface area (Å²) in [5, 5.41) is 11.4. The van der Waals surface area contributed by atoms with Crippen LogP contribution in [0.15, 0.2) is 28.7 Å². The van der Waals surface area contributed by atoms with Crippen LogP contribution in [0.1, 0.15) is 6.92 Å². The zero-order chi connectivity index (χ0) is 13.7. The number of likely N-dealkylation sites (N-methyl/N-ethyl adjacent to an activating group) is 1. The molecule has 0 bridgehead atoms. The molecule has 5 nitrogen and oxygen atoms in total. The largest absolute Gasteiger partial charge is 0.480 e. The molecule has 0 aliphatic rings. The Kier molecular flexibility index (Phi) is 5.30. The van der Waals surface area contributed by atoms with Gasteiger partial charge in [0, 0.05) is 10.2 Å². The quantitative estimate of drug-likeness (QED) is 0.869. The number of carbonyl (C=O) groups excluding carboxylic acids is 1. The maximum Gasteiger partial charge on any atom is 0.317 e. The van der Waals surface area contributed by atoms with Crippen LogP contribution in [-0.2, 0) is 9.59 Å². The Labute approximate surface area is 114 Å². The van der Waals surface area contributed by atoms with Crippen LogP contribution in [-0.4, -0.2) is 41.5 Å². The minimum Gasteiger partial charge on any atom is -0.480 e. The predicted molar refractivity (Wildman–Crippen MR) is 72.5 cm³/mol. The maximum atomic E-state index is 11.9. The molecule has 0 fully saturated rings. The highest BCUT2D eigenvalue weighted by Crippen LogP contribution is 2.14. The van der Waals surface area contributed by atoms with Gasteiger partial charge in [0.2, 0.25) is 5.91 Å². The highest BCUT2D eigenvalue weighted by atomic mass is 79.9. The summed E-state index contributed by atoms with van der Waals surface area (Å²) < 4.78 is 0.927. The van der Waals surface area contributed by atoms with Gasteiger partial charge < -0.3 is 10.4 Å². The second-order valence-corrected chi connectivity index (χ2v) is 4.90. The molecule has 0 aromatic heterocycles. The number of anilines is 1. The fourth-order valence-corrected chi connectivity index (χ4v) is 1.59. The minimum atomic E-state index is -0.958. The second kappa shape index (κ2) is 6.51. The zero-order valence-electron chi connectivity index (χ0n) is 10.2. The topological polar surface area (TPSA) is 69.6 Å². The van der Waals surface area contributed by atoms with Crippen molar-refractivity contribution in [3.63, 3.8) is 0 Å². The fourth-order valence-electron chi connectivity index (χ4n) is 1.33. The number of hydrogen-bond donors (Lipinski definition) is 2. The van der Waals surface area contributed by atoms with E-state index in [1.165, 1.54) is 4.90 Å². The van der Waals surface area contributed by atoms with Gasteiger partial charge in [-0.2, -0.15) is 0 Å². The van der Waals surface area contributed by atoms with Gasteiger partial charge >= 0.3 is 5.97 Å². The van der Waals surface area contributed by atoms with Crippen molar-refractivity contribution < 1.29 is 14.7 Å². The van der Waals surface area contributed by atoms with Gasteiger partial charge in [0.25, 0.3) is 0 Å². The number of halogens is 1. The summed E-state index contributed by atoms with van der Waals surface area (Å²) in [6, 6.07) is 6.67. The lowest BCUT2D eigenvalue weighted by atomic mass is 10.2. The molecule has 1 atom stereocenters. The molecule has 2 N–H and O–H groups in total. The van der Waals surface area contributed by atoms with Crippen molar-refractivity contribution in [3.8, 4) is 0 Å². The van der Waals surface area contributed by atoms with Crippen LogP contribution in [0.25, 0.3) is 0 Å². The van der Waals surface area contributed by atoms with E-state index in [0.717, 1.165) is 4.47 Å². The van der Waals surface area contributed by atoms with Crippen molar-refractivity contribution >= 4 is 33.5 Å². The van der Waals surface area contributed by atoms with E-state index >= 15 is 0 Å². The van der Waals surface area contributed by atoms with E-state index in [2.05, 4.69) is 21.2 Å². The molecule has 0 aliphatic heterocycles. The number of rotatable bonds is 5. The van der Waals surface area contributed by atoms with Crippen LogP contribution in [0.5, 0.6) is 0 Å². The Hall–Kier alpha value is -1.40. The third kappa shape index (κ3) is 4.46. The van der Waals surface area contributed by atoms with Crippen LogP contribution in [0.2, 0.25) is 0 Å². The lowest BCUT2D eigenvalue weighted by molar-refractivity contribution is -0.138. The number of aliphatic carboxylic acids is 1. The minimum absolute atomic E-state index is 0.172. The molecule has 0 saturated carbocycles. The van der Waals surface area contributed by atoms with Crippen molar-refractivity contribution in [1.29, 1.82) is 0 Å². The normalized spacial score (nSPS) is 12.2. The number of carboxylic acids is 1. The van der Waals surface area contributed by atoms with Gasteiger partial charge in [0.05, 0.1) is 12.6 Å². The van der Waals surface area contributed by atoms with E-state index in [9.17, 15) is 9.59 Å². The molecule has 0 aliphatic carbocycles. The van der Waals surface area contributed by atoms with Gasteiger partial charge in [-0.05, 0) is 38.2 Å². The first-order valence-electron chi connectivity index (χ1n) is 5.38. The molecule has 1 unspecified atom stereocenters. The molecule has 1 rings (SSSR count). The lowest BCUT2D eigenvalue weighted by Crippen LogP contribution is -2.42. The number of benzene rings is 1. The van der Waals surface area contributed by atoms with Gasteiger partial charge in [-0.1, -0.05) is 15.9 Å². The van der Waals surface area contributed by atoms with Crippen molar-refractivity contribution in [3.05, 3.63) is 28.7 Å². The van der Waals surface area contributed by atoms with Gasteiger partial charge in [-0.25, -0.2) is 0 Å². The lowest BCUT2D eigenvalue weighted by Gasteiger charge is -2.21. The Morgan fingerprint density at radius 1 is 1.39 bits per heavy atom. The Bertz CT molecular complexity index is 433. The average molecular weight is 315 g/mol. The average Bonchev–Trinajstić information content (AvgIpc) is 2.30. The first kappa shape index (κ1) is 14.7. The number of carbonyl (C=O) groups is 2. The van der Waals surface area contributed by atoms with Crippen molar-refractivity contribution in [2.45, 2.75) is 13.0 Å². The SMILES string of the molecule is CC(C(=O)Nc1ccc(Br)cc1)N(C)CC(=O)O. The Morgan fingerprint density at radius 3 is 2.44 bits per heavy atom. The summed E-state index contributed by atoms with van der Waals surface area (Å²) in [5.74, 6) is -1.19. The van der Waals surface area contributed by atoms with Crippen LogP contribution in [0, 0.1) is 0 Å². The van der Waals surface area contributed by atoms with Crippen molar-refractivity contribution in [2.75, 3.05) is 18.9 Å². The molecule has 1 amide bonds. The molecule has 1 aromatic carbocycles. The van der Waals surface area contributed by atoms with Crippen LogP contribution >= 0.6 is 15.9 Å². The van der Waals surface area contributed by atoms with E-state index in [4.69, 9.17) is 5.11 Å². The van der Waals surface area contributed by atoms with E-state index in [-0.39, 0.29) is 12.5 Å². The molecule has 0 saturated heterocycles. The monoisotopic (exact) mass is 314 g/mol. The highest BCUT2D eigenvalue weighted by Gasteiger charge is 2.19. The smallest absolute Gasteiger partial charge is 0.317 e. The number of nitrogens with one attached hydrogen (secondary N) is 1. The molecule has 0 heterocycles. The third-order valence-electron chi connectivity index (χ3n) is 2.54. The van der Waals surface area contributed by atoms with Gasteiger partial charge in [-0.3, -0.25) is 14.5 Å². The summed E-state index contributed by atoms with van der Waals surface area (Å²) in [6.45, 7) is 1.49. The molecule has 0 spiro atoms. The van der Waals surface area contributed by atoms with E-state index in [0.29, 0.717) is 5.69 Å². The van der Waals surface area contributed by atoms with E-state index < -0.39 is 12.0 Å². The van der Waals surface area contributed by atoms with Crippen LogP contribution < -0.4 is 5.32 Å². The molecule has 1 aromatic rings. The number of hydrogen-bond acceptors (Lipinski definition) is 3. The predicted octanol–water partition coefficient (Wildman–Crippen LogP) is 1.79. The second-order valence-electron chi connectivity index (χ2n) is 3.98. The van der Waals surface area contributed by atoms with Crippen LogP contribution in [0.4, 0.5) is 5.69 Å². The summed E-state index contributed by atoms with van der Waals surface area (Å²) in [7, 11) is 1.60. The molecule has 18 heavy (non-hydrogen) atoms.